The van der Waals surface area contributed by atoms with E-state index in [0.29, 0.717) is 12.1 Å². The number of nitrogens with zero attached hydrogens (tertiary/aromatic N) is 4. The Morgan fingerprint density at radius 2 is 1.92 bits per heavy atom. The van der Waals surface area contributed by atoms with E-state index in [2.05, 4.69) is 62.5 Å². The highest BCUT2D eigenvalue weighted by molar-refractivity contribution is 7.15. The van der Waals surface area contributed by atoms with Crippen molar-refractivity contribution in [3.63, 3.8) is 0 Å². The highest BCUT2D eigenvalue weighted by Crippen LogP contribution is 2.36. The second-order valence-electron chi connectivity index (χ2n) is 9.02. The molecule has 8 nitrogen and oxygen atoms in total. The number of amides is 1. The lowest BCUT2D eigenvalue weighted by Crippen LogP contribution is -2.11. The van der Waals surface area contributed by atoms with Crippen molar-refractivity contribution in [3.8, 4) is 33.1 Å². The molecule has 184 valence electrons. The number of pyridine rings is 3. The van der Waals surface area contributed by atoms with Gasteiger partial charge < -0.3 is 10.3 Å². The molecule has 6 aromatic heterocycles. The number of carbonyl (C=O) groups excluding carboxylic acids is 1. The maximum absolute atomic E-state index is 12.2. The van der Waals surface area contributed by atoms with Crippen LogP contribution in [0.5, 0.6) is 0 Å². The minimum atomic E-state index is -0.00767. The number of hydrogen-bond acceptors (Lipinski definition) is 6. The highest BCUT2D eigenvalue weighted by atomic mass is 32.1. The van der Waals surface area contributed by atoms with E-state index >= 15 is 0 Å². The third-order valence-electron chi connectivity index (χ3n) is 6.29. The third-order valence-corrected chi connectivity index (χ3v) is 7.32. The summed E-state index contributed by atoms with van der Waals surface area (Å²) in [5, 5.41) is 11.7. The van der Waals surface area contributed by atoms with E-state index in [9.17, 15) is 4.79 Å². The van der Waals surface area contributed by atoms with Gasteiger partial charge in [0.1, 0.15) is 11.2 Å². The van der Waals surface area contributed by atoms with E-state index in [0.717, 1.165) is 63.0 Å². The Morgan fingerprint density at radius 1 is 1.03 bits per heavy atom. The van der Waals surface area contributed by atoms with Gasteiger partial charge in [0.05, 0.1) is 40.5 Å². The number of carbonyl (C=O) groups is 1. The Kier molecular flexibility index (Phi) is 5.97. The fourth-order valence-corrected chi connectivity index (χ4v) is 5.30. The largest absolute Gasteiger partial charge is 0.352 e. The summed E-state index contributed by atoms with van der Waals surface area (Å²) in [6, 6.07) is 12.2. The number of anilines is 1. The van der Waals surface area contributed by atoms with E-state index in [1.54, 1.807) is 23.7 Å². The van der Waals surface area contributed by atoms with Crippen molar-refractivity contribution < 1.29 is 4.79 Å². The molecule has 37 heavy (non-hydrogen) atoms. The first-order valence-electron chi connectivity index (χ1n) is 12.2. The van der Waals surface area contributed by atoms with Crippen molar-refractivity contribution >= 4 is 44.9 Å². The molecule has 0 fully saturated rings. The van der Waals surface area contributed by atoms with Crippen molar-refractivity contribution in [1.82, 2.24) is 30.1 Å². The lowest BCUT2D eigenvalue weighted by Gasteiger charge is -2.07. The minimum absolute atomic E-state index is 0.00767. The van der Waals surface area contributed by atoms with Crippen LogP contribution in [0.1, 0.15) is 31.1 Å². The summed E-state index contributed by atoms with van der Waals surface area (Å²) in [6.07, 6.45) is 9.48. The Hall–Kier alpha value is -4.37. The van der Waals surface area contributed by atoms with Crippen LogP contribution in [0.25, 0.3) is 55.0 Å². The first kappa shape index (κ1) is 23.1. The summed E-state index contributed by atoms with van der Waals surface area (Å²) in [5.74, 6) is -0.00767. The zero-order valence-electron chi connectivity index (χ0n) is 20.5. The average Bonchev–Trinajstić information content (AvgIpc) is 3.64. The Bertz CT molecular complexity index is 1750. The van der Waals surface area contributed by atoms with Crippen LogP contribution in [0.4, 0.5) is 5.69 Å². The molecule has 0 spiro atoms. The van der Waals surface area contributed by atoms with E-state index in [1.807, 2.05) is 30.6 Å². The van der Waals surface area contributed by atoms with Crippen molar-refractivity contribution in [2.45, 2.75) is 33.1 Å². The van der Waals surface area contributed by atoms with Gasteiger partial charge in [-0.1, -0.05) is 13.3 Å². The smallest absolute Gasteiger partial charge is 0.224 e. The maximum atomic E-state index is 12.2. The lowest BCUT2D eigenvalue weighted by molar-refractivity contribution is -0.116. The number of unbranched alkanes of at least 4 members (excludes halogenated alkanes) is 1. The first-order chi connectivity index (χ1) is 18.1. The molecule has 6 rings (SSSR count). The van der Waals surface area contributed by atoms with Crippen molar-refractivity contribution in [2.24, 2.45) is 0 Å². The molecule has 3 N–H and O–H groups in total. The average molecular weight is 508 g/mol. The SMILES string of the molecule is CCCCC(=O)Nc1cncc(-c2ccc3[nH]nc(-c4cc5c(-c6ccc(C)s6)cncc5[nH]4)c3n2)c1. The number of aryl methyl sites for hydroxylation is 1. The molecule has 0 saturated carbocycles. The first-order valence-corrected chi connectivity index (χ1v) is 13.0. The van der Waals surface area contributed by atoms with E-state index < -0.39 is 0 Å². The van der Waals surface area contributed by atoms with Gasteiger partial charge >= 0.3 is 0 Å². The molecule has 0 atom stereocenters. The highest BCUT2D eigenvalue weighted by Gasteiger charge is 2.16. The topological polar surface area (TPSA) is 112 Å². The molecule has 0 aromatic carbocycles. The fourth-order valence-electron chi connectivity index (χ4n) is 4.41. The zero-order chi connectivity index (χ0) is 25.4. The molecule has 0 aliphatic rings. The number of nitrogens with one attached hydrogen (secondary N) is 3. The van der Waals surface area contributed by atoms with Gasteiger partial charge in [-0.2, -0.15) is 5.10 Å². The van der Waals surface area contributed by atoms with Crippen LogP contribution in [0, 0.1) is 6.92 Å². The number of aromatic nitrogens is 6. The Labute approximate surface area is 217 Å². The van der Waals surface area contributed by atoms with Gasteiger partial charge in [-0.25, -0.2) is 4.98 Å². The molecule has 1 amide bonds. The molecule has 0 saturated heterocycles. The van der Waals surface area contributed by atoms with Gasteiger partial charge in [0.15, 0.2) is 0 Å². The number of thiophene rings is 1. The fraction of sp³-hybridized carbons (Fsp3) is 0.179. The number of rotatable bonds is 7. The second kappa shape index (κ2) is 9.59. The second-order valence-corrected chi connectivity index (χ2v) is 10.3. The van der Waals surface area contributed by atoms with E-state index in [-0.39, 0.29) is 5.91 Å². The molecule has 0 aliphatic carbocycles. The Morgan fingerprint density at radius 3 is 2.76 bits per heavy atom. The Balaban J connectivity index is 1.37. The lowest BCUT2D eigenvalue weighted by atomic mass is 10.1. The standard InChI is InChI=1S/C28H25N7OS/c1-3-4-5-26(36)31-18-10-17(12-29-13-18)21-7-8-22-27(33-21)28(35-34-22)23-11-19-20(14-30-15-24(19)32-23)25-9-6-16(2)37-25/h6-15,32H,3-5H2,1-2H3,(H,31,36)(H,34,35). The van der Waals surface area contributed by atoms with Gasteiger partial charge in [-0.3, -0.25) is 19.9 Å². The van der Waals surface area contributed by atoms with Crippen molar-refractivity contribution in [3.05, 3.63) is 66.1 Å². The van der Waals surface area contributed by atoms with Crippen LogP contribution < -0.4 is 5.32 Å². The molecule has 0 aliphatic heterocycles. The van der Waals surface area contributed by atoms with Gasteiger partial charge in [-0.05, 0) is 49.7 Å². The maximum Gasteiger partial charge on any atom is 0.224 e. The predicted octanol–water partition coefficient (Wildman–Crippen LogP) is 6.73. The van der Waals surface area contributed by atoms with Crippen LogP contribution >= 0.6 is 11.3 Å². The molecule has 0 unspecified atom stereocenters. The monoisotopic (exact) mass is 507 g/mol. The molecule has 0 bridgehead atoms. The third kappa shape index (κ3) is 4.49. The van der Waals surface area contributed by atoms with Crippen LogP contribution in [0.2, 0.25) is 0 Å². The normalized spacial score (nSPS) is 11.4. The summed E-state index contributed by atoms with van der Waals surface area (Å²) < 4.78 is 0. The minimum Gasteiger partial charge on any atom is -0.352 e. The number of fused-ring (bicyclic) bond motifs is 2. The van der Waals surface area contributed by atoms with Crippen molar-refractivity contribution in [2.75, 3.05) is 5.32 Å². The van der Waals surface area contributed by atoms with Crippen LogP contribution in [0.15, 0.2) is 61.2 Å². The van der Waals surface area contributed by atoms with Gasteiger partial charge in [-0.15, -0.1) is 11.3 Å². The van der Waals surface area contributed by atoms with Gasteiger partial charge in [0.2, 0.25) is 5.91 Å². The summed E-state index contributed by atoms with van der Waals surface area (Å²) in [4.78, 5) is 31.8. The molecule has 9 heteroatoms. The zero-order valence-corrected chi connectivity index (χ0v) is 21.3. The van der Waals surface area contributed by atoms with E-state index in [1.165, 1.54) is 9.75 Å². The van der Waals surface area contributed by atoms with Gasteiger partial charge in [0.25, 0.3) is 0 Å². The van der Waals surface area contributed by atoms with Gasteiger partial charge in [0, 0.05) is 45.1 Å². The van der Waals surface area contributed by atoms with Crippen LogP contribution in [-0.4, -0.2) is 36.0 Å². The molecule has 6 heterocycles. The summed E-state index contributed by atoms with van der Waals surface area (Å²) >= 11 is 1.75. The summed E-state index contributed by atoms with van der Waals surface area (Å²) in [7, 11) is 0. The predicted molar refractivity (Wildman–Crippen MR) is 148 cm³/mol. The molecular weight excluding hydrogens is 482 g/mol. The molecule has 0 radical (unpaired) electrons. The molecular formula is C28H25N7OS. The van der Waals surface area contributed by atoms with Crippen LogP contribution in [-0.2, 0) is 4.79 Å². The molecule has 6 aromatic rings. The quantitative estimate of drug-likeness (QED) is 0.222. The number of H-pyrrole nitrogens is 2. The van der Waals surface area contributed by atoms with Crippen LogP contribution in [0.3, 0.4) is 0 Å². The van der Waals surface area contributed by atoms with E-state index in [4.69, 9.17) is 4.98 Å². The number of aromatic amines is 2. The van der Waals surface area contributed by atoms with Crippen molar-refractivity contribution in [1.29, 1.82) is 0 Å². The number of hydrogen-bond donors (Lipinski definition) is 3. The summed E-state index contributed by atoms with van der Waals surface area (Å²) in [6.45, 7) is 4.17. The summed E-state index contributed by atoms with van der Waals surface area (Å²) in [5.41, 5.74) is 7.45.